The highest BCUT2D eigenvalue weighted by atomic mass is 127. The van der Waals surface area contributed by atoms with Gasteiger partial charge in [-0.05, 0) is 40.8 Å². The zero-order valence-corrected chi connectivity index (χ0v) is 12.0. The molecular weight excluding hydrogens is 382 g/mol. The van der Waals surface area contributed by atoms with Crippen LogP contribution in [0.1, 0.15) is 0 Å². The molecule has 0 bridgehead atoms. The third-order valence-corrected chi connectivity index (χ3v) is 3.53. The van der Waals surface area contributed by atoms with Crippen LogP contribution in [-0.2, 0) is 0 Å². The molecule has 2 N–H and O–H groups in total. The van der Waals surface area contributed by atoms with Crippen LogP contribution in [0.2, 0.25) is 0 Å². The average molecular weight is 389 g/mol. The summed E-state index contributed by atoms with van der Waals surface area (Å²) in [6.07, 6.45) is 0. The molecule has 0 spiro atoms. The standard InChI is InChI=1S/C13H7F3IN3/c14-6-3-8(15)12(16)11(4-6)20-10-2-1-7(17)5-9(10)19-13(20)18/h1-5H,(H2,18,19). The maximum Gasteiger partial charge on any atom is 0.206 e. The number of nitrogens with zero attached hydrogens (tertiary/aromatic N) is 2. The van der Waals surface area contributed by atoms with E-state index in [0.29, 0.717) is 17.1 Å². The van der Waals surface area contributed by atoms with Crippen LogP contribution in [0.3, 0.4) is 0 Å². The number of aromatic nitrogens is 2. The zero-order valence-electron chi connectivity index (χ0n) is 9.87. The molecule has 1 aromatic heterocycles. The molecule has 0 saturated carbocycles. The van der Waals surface area contributed by atoms with Gasteiger partial charge in [0.05, 0.1) is 16.7 Å². The molecule has 102 valence electrons. The van der Waals surface area contributed by atoms with Gasteiger partial charge in [-0.15, -0.1) is 0 Å². The van der Waals surface area contributed by atoms with Gasteiger partial charge in [0.1, 0.15) is 5.82 Å². The second-order valence-electron chi connectivity index (χ2n) is 4.16. The second-order valence-corrected chi connectivity index (χ2v) is 5.40. The van der Waals surface area contributed by atoms with E-state index in [1.165, 1.54) is 4.57 Å². The average Bonchev–Trinajstić information content (AvgIpc) is 2.69. The lowest BCUT2D eigenvalue weighted by molar-refractivity contribution is 0.491. The van der Waals surface area contributed by atoms with E-state index in [4.69, 9.17) is 5.73 Å². The first-order chi connectivity index (χ1) is 9.47. The van der Waals surface area contributed by atoms with Crippen molar-refractivity contribution in [3.63, 3.8) is 0 Å². The van der Waals surface area contributed by atoms with Crippen LogP contribution in [0.25, 0.3) is 16.7 Å². The first kappa shape index (κ1) is 13.2. The molecule has 1 heterocycles. The highest BCUT2D eigenvalue weighted by Gasteiger charge is 2.17. The van der Waals surface area contributed by atoms with Crippen LogP contribution in [0.5, 0.6) is 0 Å². The Morgan fingerprint density at radius 1 is 1.10 bits per heavy atom. The third-order valence-electron chi connectivity index (χ3n) is 2.86. The van der Waals surface area contributed by atoms with Crippen LogP contribution in [0.15, 0.2) is 30.3 Å². The molecule has 3 aromatic rings. The largest absolute Gasteiger partial charge is 0.369 e. The van der Waals surface area contributed by atoms with Crippen LogP contribution >= 0.6 is 22.6 Å². The number of hydrogen-bond donors (Lipinski definition) is 1. The van der Waals surface area contributed by atoms with Crippen molar-refractivity contribution in [2.75, 3.05) is 5.73 Å². The summed E-state index contributed by atoms with van der Waals surface area (Å²) in [7, 11) is 0. The van der Waals surface area contributed by atoms with Crippen molar-refractivity contribution < 1.29 is 13.2 Å². The van der Waals surface area contributed by atoms with Gasteiger partial charge in [-0.2, -0.15) is 0 Å². The fourth-order valence-electron chi connectivity index (χ4n) is 2.03. The minimum absolute atomic E-state index is 0.0362. The van der Waals surface area contributed by atoms with E-state index in [2.05, 4.69) is 27.6 Å². The fourth-order valence-corrected chi connectivity index (χ4v) is 2.51. The molecule has 2 aromatic carbocycles. The van der Waals surface area contributed by atoms with Gasteiger partial charge in [-0.25, -0.2) is 18.2 Å². The Balaban J connectivity index is 2.38. The van der Waals surface area contributed by atoms with Gasteiger partial charge in [0.25, 0.3) is 0 Å². The molecule has 20 heavy (non-hydrogen) atoms. The van der Waals surface area contributed by atoms with Crippen molar-refractivity contribution >= 4 is 39.6 Å². The number of rotatable bonds is 1. The Kier molecular flexibility index (Phi) is 3.08. The van der Waals surface area contributed by atoms with Crippen molar-refractivity contribution in [1.29, 1.82) is 0 Å². The van der Waals surface area contributed by atoms with Crippen LogP contribution < -0.4 is 5.73 Å². The quantitative estimate of drug-likeness (QED) is 0.511. The van der Waals surface area contributed by atoms with E-state index < -0.39 is 17.5 Å². The second kappa shape index (κ2) is 4.65. The summed E-state index contributed by atoms with van der Waals surface area (Å²) < 4.78 is 42.6. The lowest BCUT2D eigenvalue weighted by atomic mass is 10.2. The SMILES string of the molecule is Nc1nc2cc(I)ccc2n1-c1cc(F)cc(F)c1F. The number of nitrogen functional groups attached to an aromatic ring is 1. The number of halogens is 4. The summed E-state index contributed by atoms with van der Waals surface area (Å²) in [5.41, 5.74) is 6.45. The van der Waals surface area contributed by atoms with Crippen LogP contribution in [0.4, 0.5) is 19.1 Å². The normalized spacial score (nSPS) is 11.2. The van der Waals surface area contributed by atoms with E-state index >= 15 is 0 Å². The Labute approximate surface area is 125 Å². The molecule has 0 aliphatic heterocycles. The smallest absolute Gasteiger partial charge is 0.206 e. The summed E-state index contributed by atoms with van der Waals surface area (Å²) in [5, 5.41) is 0. The van der Waals surface area contributed by atoms with Crippen molar-refractivity contribution in [3.05, 3.63) is 51.4 Å². The molecule has 7 heteroatoms. The molecule has 0 fully saturated rings. The van der Waals surface area contributed by atoms with Gasteiger partial charge < -0.3 is 5.73 Å². The van der Waals surface area contributed by atoms with Crippen molar-refractivity contribution in [2.45, 2.75) is 0 Å². The molecule has 0 aliphatic rings. The summed E-state index contributed by atoms with van der Waals surface area (Å²) >= 11 is 2.10. The molecule has 0 atom stereocenters. The monoisotopic (exact) mass is 389 g/mol. The Bertz CT molecular complexity index is 829. The van der Waals surface area contributed by atoms with Gasteiger partial charge in [0.15, 0.2) is 11.6 Å². The number of hydrogen-bond acceptors (Lipinski definition) is 2. The number of nitrogens with two attached hydrogens (primary N) is 1. The lowest BCUT2D eigenvalue weighted by Gasteiger charge is -2.08. The van der Waals surface area contributed by atoms with Gasteiger partial charge in [0.2, 0.25) is 5.95 Å². The topological polar surface area (TPSA) is 43.8 Å². The summed E-state index contributed by atoms with van der Waals surface area (Å²) in [6, 6.07) is 6.55. The van der Waals surface area contributed by atoms with Gasteiger partial charge in [0, 0.05) is 15.7 Å². The number of anilines is 1. The zero-order chi connectivity index (χ0) is 14.4. The molecule has 3 rings (SSSR count). The van der Waals surface area contributed by atoms with Crippen LogP contribution in [-0.4, -0.2) is 9.55 Å². The molecular formula is C13H7F3IN3. The first-order valence-corrected chi connectivity index (χ1v) is 6.63. The van der Waals surface area contributed by atoms with Crippen LogP contribution in [0, 0.1) is 21.0 Å². The van der Waals surface area contributed by atoms with E-state index in [1.54, 1.807) is 18.2 Å². The molecule has 0 radical (unpaired) electrons. The fraction of sp³-hybridized carbons (Fsp3) is 0. The molecule has 0 unspecified atom stereocenters. The number of fused-ring (bicyclic) bond motifs is 1. The van der Waals surface area contributed by atoms with E-state index in [1.807, 2.05) is 0 Å². The summed E-state index contributed by atoms with van der Waals surface area (Å²) in [6.45, 7) is 0. The maximum atomic E-state index is 13.9. The van der Waals surface area contributed by atoms with Gasteiger partial charge in [-0.1, -0.05) is 0 Å². The molecule has 3 nitrogen and oxygen atoms in total. The Morgan fingerprint density at radius 3 is 2.60 bits per heavy atom. The molecule has 0 aliphatic carbocycles. The maximum absolute atomic E-state index is 13.9. The molecule has 0 saturated heterocycles. The molecule has 0 amide bonds. The van der Waals surface area contributed by atoms with E-state index in [-0.39, 0.29) is 11.6 Å². The highest BCUT2D eigenvalue weighted by molar-refractivity contribution is 14.1. The predicted molar refractivity (Wildman–Crippen MR) is 78.1 cm³/mol. The Hall–Kier alpha value is -1.77. The number of imidazole rings is 1. The van der Waals surface area contributed by atoms with Crippen molar-refractivity contribution in [2.24, 2.45) is 0 Å². The summed E-state index contributed by atoms with van der Waals surface area (Å²) in [4.78, 5) is 4.08. The van der Waals surface area contributed by atoms with Crippen molar-refractivity contribution in [3.8, 4) is 5.69 Å². The van der Waals surface area contributed by atoms with Crippen molar-refractivity contribution in [1.82, 2.24) is 9.55 Å². The minimum atomic E-state index is -1.27. The van der Waals surface area contributed by atoms with E-state index in [0.717, 1.165) is 9.64 Å². The third kappa shape index (κ3) is 2.01. The Morgan fingerprint density at radius 2 is 1.85 bits per heavy atom. The van der Waals surface area contributed by atoms with E-state index in [9.17, 15) is 13.2 Å². The highest BCUT2D eigenvalue weighted by Crippen LogP contribution is 2.27. The number of benzene rings is 2. The summed E-state index contributed by atoms with van der Waals surface area (Å²) in [5.74, 6) is -3.36. The van der Waals surface area contributed by atoms with Gasteiger partial charge in [-0.3, -0.25) is 4.57 Å². The minimum Gasteiger partial charge on any atom is -0.369 e. The lowest BCUT2D eigenvalue weighted by Crippen LogP contribution is -2.05. The first-order valence-electron chi connectivity index (χ1n) is 5.56. The van der Waals surface area contributed by atoms with Gasteiger partial charge >= 0.3 is 0 Å². The predicted octanol–water partition coefficient (Wildman–Crippen LogP) is 3.63.